The minimum Gasteiger partial charge on any atom is -0.393 e. The smallest absolute Gasteiger partial charge is 0.239 e. The van der Waals surface area contributed by atoms with Gasteiger partial charge in [-0.15, -0.1) is 0 Å². The molecule has 2 aliphatic rings. The van der Waals surface area contributed by atoms with Crippen molar-refractivity contribution < 1.29 is 9.90 Å². The molecule has 1 amide bonds. The highest BCUT2D eigenvalue weighted by Gasteiger charge is 2.33. The molecule has 0 aromatic heterocycles. The van der Waals surface area contributed by atoms with Crippen LogP contribution in [0.3, 0.4) is 0 Å². The Kier molecular flexibility index (Phi) is 3.82. The monoisotopic (exact) mass is 226 g/mol. The molecule has 0 bridgehead atoms. The van der Waals surface area contributed by atoms with E-state index in [9.17, 15) is 9.90 Å². The molecule has 2 N–H and O–H groups in total. The van der Waals surface area contributed by atoms with Crippen LogP contribution in [-0.2, 0) is 4.79 Å². The van der Waals surface area contributed by atoms with Crippen molar-refractivity contribution in [3.63, 3.8) is 0 Å². The van der Waals surface area contributed by atoms with Gasteiger partial charge in [-0.25, -0.2) is 0 Å². The molecule has 92 valence electrons. The molecule has 0 radical (unpaired) electrons. The first-order valence-corrected chi connectivity index (χ1v) is 6.41. The van der Waals surface area contributed by atoms with E-state index in [1.165, 1.54) is 0 Å². The SMILES string of the molecule is CCNC1CCCN(CC2CC(O)C2)C1=O. The molecule has 0 aromatic carbocycles. The van der Waals surface area contributed by atoms with Gasteiger partial charge in [0.25, 0.3) is 0 Å². The quantitative estimate of drug-likeness (QED) is 0.727. The zero-order valence-electron chi connectivity index (χ0n) is 9.98. The van der Waals surface area contributed by atoms with E-state index >= 15 is 0 Å². The van der Waals surface area contributed by atoms with E-state index in [1.54, 1.807) is 0 Å². The van der Waals surface area contributed by atoms with E-state index in [1.807, 2.05) is 11.8 Å². The van der Waals surface area contributed by atoms with Crippen LogP contribution in [0, 0.1) is 5.92 Å². The van der Waals surface area contributed by atoms with Gasteiger partial charge in [0.05, 0.1) is 12.1 Å². The Bertz CT molecular complexity index is 249. The van der Waals surface area contributed by atoms with Gasteiger partial charge >= 0.3 is 0 Å². The normalized spacial score (nSPS) is 35.0. The maximum absolute atomic E-state index is 12.1. The van der Waals surface area contributed by atoms with Crippen molar-refractivity contribution in [3.05, 3.63) is 0 Å². The molecule has 16 heavy (non-hydrogen) atoms. The zero-order valence-corrected chi connectivity index (χ0v) is 9.98. The minimum absolute atomic E-state index is 0.0312. The predicted molar refractivity (Wildman–Crippen MR) is 62.0 cm³/mol. The van der Waals surface area contributed by atoms with Crippen LogP contribution in [0.15, 0.2) is 0 Å². The van der Waals surface area contributed by atoms with Crippen LogP contribution in [0.4, 0.5) is 0 Å². The third-order valence-electron chi connectivity index (χ3n) is 3.67. The summed E-state index contributed by atoms with van der Waals surface area (Å²) in [5, 5.41) is 12.5. The van der Waals surface area contributed by atoms with E-state index < -0.39 is 0 Å². The van der Waals surface area contributed by atoms with Gasteiger partial charge in [0, 0.05) is 13.1 Å². The average molecular weight is 226 g/mol. The van der Waals surface area contributed by atoms with Crippen molar-refractivity contribution in [3.8, 4) is 0 Å². The third kappa shape index (κ3) is 2.55. The van der Waals surface area contributed by atoms with Crippen LogP contribution in [0.5, 0.6) is 0 Å². The Balaban J connectivity index is 1.82. The number of hydrogen-bond donors (Lipinski definition) is 2. The fourth-order valence-electron chi connectivity index (χ4n) is 2.72. The number of aliphatic hydroxyl groups excluding tert-OH is 1. The molecule has 1 saturated carbocycles. The highest BCUT2D eigenvalue weighted by atomic mass is 16.3. The first kappa shape index (κ1) is 11.9. The first-order valence-electron chi connectivity index (χ1n) is 6.41. The number of nitrogens with one attached hydrogen (secondary N) is 1. The Morgan fingerprint density at radius 2 is 2.25 bits per heavy atom. The maximum atomic E-state index is 12.1. The number of aliphatic hydroxyl groups is 1. The third-order valence-corrected chi connectivity index (χ3v) is 3.67. The van der Waals surface area contributed by atoms with Crippen molar-refractivity contribution in [2.75, 3.05) is 19.6 Å². The lowest BCUT2D eigenvalue weighted by Crippen LogP contribution is -2.53. The molecule has 1 saturated heterocycles. The Morgan fingerprint density at radius 1 is 1.50 bits per heavy atom. The molecule has 4 nitrogen and oxygen atoms in total. The van der Waals surface area contributed by atoms with Crippen molar-refractivity contribution in [1.29, 1.82) is 0 Å². The van der Waals surface area contributed by atoms with Crippen LogP contribution in [0.25, 0.3) is 0 Å². The van der Waals surface area contributed by atoms with Gasteiger partial charge in [0.1, 0.15) is 0 Å². The fourth-order valence-corrected chi connectivity index (χ4v) is 2.72. The number of nitrogens with zero attached hydrogens (tertiary/aromatic N) is 1. The number of hydrogen-bond acceptors (Lipinski definition) is 3. The summed E-state index contributed by atoms with van der Waals surface area (Å²) in [5.74, 6) is 0.786. The summed E-state index contributed by atoms with van der Waals surface area (Å²) < 4.78 is 0. The van der Waals surface area contributed by atoms with E-state index in [0.29, 0.717) is 5.92 Å². The van der Waals surface area contributed by atoms with Crippen LogP contribution in [-0.4, -0.2) is 47.7 Å². The molecular formula is C12H22N2O2. The molecule has 1 atom stereocenters. The molecule has 0 aromatic rings. The van der Waals surface area contributed by atoms with E-state index in [2.05, 4.69) is 5.32 Å². The number of rotatable bonds is 4. The summed E-state index contributed by atoms with van der Waals surface area (Å²) in [5.41, 5.74) is 0. The molecule has 0 spiro atoms. The van der Waals surface area contributed by atoms with Gasteiger partial charge in [-0.1, -0.05) is 6.92 Å². The summed E-state index contributed by atoms with van der Waals surface area (Å²) in [6, 6.07) is 0.0312. The lowest BCUT2D eigenvalue weighted by atomic mass is 9.82. The van der Waals surface area contributed by atoms with Crippen molar-refractivity contribution in [2.24, 2.45) is 5.92 Å². The van der Waals surface area contributed by atoms with Gasteiger partial charge in [0.15, 0.2) is 0 Å². The van der Waals surface area contributed by atoms with Crippen LogP contribution < -0.4 is 5.32 Å². The van der Waals surface area contributed by atoms with Crippen LogP contribution >= 0.6 is 0 Å². The van der Waals surface area contributed by atoms with Gasteiger partial charge in [-0.3, -0.25) is 4.79 Å². The van der Waals surface area contributed by atoms with Crippen molar-refractivity contribution in [2.45, 2.75) is 44.8 Å². The summed E-state index contributed by atoms with van der Waals surface area (Å²) in [4.78, 5) is 14.1. The molecule has 2 fully saturated rings. The molecule has 1 aliphatic carbocycles. The maximum Gasteiger partial charge on any atom is 0.239 e. The van der Waals surface area contributed by atoms with Crippen LogP contribution in [0.1, 0.15) is 32.6 Å². The zero-order chi connectivity index (χ0) is 11.5. The summed E-state index contributed by atoms with van der Waals surface area (Å²) in [7, 11) is 0. The minimum atomic E-state index is -0.116. The fraction of sp³-hybridized carbons (Fsp3) is 0.917. The van der Waals surface area contributed by atoms with Gasteiger partial charge in [-0.2, -0.15) is 0 Å². The Hall–Kier alpha value is -0.610. The first-order chi connectivity index (χ1) is 7.70. The summed E-state index contributed by atoms with van der Waals surface area (Å²) in [6.07, 6.45) is 3.69. The second-order valence-electron chi connectivity index (χ2n) is 5.03. The second kappa shape index (κ2) is 5.15. The van der Waals surface area contributed by atoms with Crippen LogP contribution in [0.2, 0.25) is 0 Å². The van der Waals surface area contributed by atoms with Gasteiger partial charge in [0.2, 0.25) is 5.91 Å². The topological polar surface area (TPSA) is 52.6 Å². The number of piperidine rings is 1. The lowest BCUT2D eigenvalue weighted by Gasteiger charge is -2.39. The Morgan fingerprint density at radius 3 is 2.88 bits per heavy atom. The number of carbonyl (C=O) groups excluding carboxylic acids is 1. The van der Waals surface area contributed by atoms with Gasteiger partial charge < -0.3 is 15.3 Å². The molecule has 4 heteroatoms. The largest absolute Gasteiger partial charge is 0.393 e. The average Bonchev–Trinajstić information content (AvgIpc) is 2.22. The molecular weight excluding hydrogens is 204 g/mol. The van der Waals surface area contributed by atoms with E-state index in [4.69, 9.17) is 0 Å². The standard InChI is InChI=1S/C12H22N2O2/c1-2-13-11-4-3-5-14(12(11)16)8-9-6-10(15)7-9/h9-11,13,15H,2-8H2,1H3. The highest BCUT2D eigenvalue weighted by molar-refractivity contribution is 5.82. The van der Waals surface area contributed by atoms with E-state index in [0.717, 1.165) is 45.3 Å². The number of carbonyl (C=O) groups is 1. The molecule has 1 heterocycles. The summed E-state index contributed by atoms with van der Waals surface area (Å²) >= 11 is 0. The van der Waals surface area contributed by atoms with E-state index in [-0.39, 0.29) is 18.1 Å². The van der Waals surface area contributed by atoms with Crippen molar-refractivity contribution >= 4 is 5.91 Å². The van der Waals surface area contributed by atoms with Gasteiger partial charge in [-0.05, 0) is 38.1 Å². The number of likely N-dealkylation sites (tertiary alicyclic amines) is 1. The Labute approximate surface area is 97.0 Å². The van der Waals surface area contributed by atoms with Crippen molar-refractivity contribution in [1.82, 2.24) is 10.2 Å². The molecule has 1 unspecified atom stereocenters. The predicted octanol–water partition coefficient (Wildman–Crippen LogP) is 0.358. The summed E-state index contributed by atoms with van der Waals surface area (Å²) in [6.45, 7) is 4.63. The highest BCUT2D eigenvalue weighted by Crippen LogP contribution is 2.28. The number of likely N-dealkylation sites (N-methyl/N-ethyl adjacent to an activating group) is 1. The number of amides is 1. The lowest BCUT2D eigenvalue weighted by molar-refractivity contribution is -0.137. The second-order valence-corrected chi connectivity index (χ2v) is 5.03. The molecule has 2 rings (SSSR count). The molecule has 1 aliphatic heterocycles.